The van der Waals surface area contributed by atoms with E-state index in [9.17, 15) is 19.7 Å². The van der Waals surface area contributed by atoms with Gasteiger partial charge in [-0.1, -0.05) is 0 Å². The molecule has 4 aliphatic heterocycles. The van der Waals surface area contributed by atoms with E-state index in [2.05, 4.69) is 16.1 Å². The molecule has 1 aliphatic carbocycles. The summed E-state index contributed by atoms with van der Waals surface area (Å²) in [6.45, 7) is 3.51. The fraction of sp³-hybridized carbons (Fsp3) is 0.514. The van der Waals surface area contributed by atoms with Gasteiger partial charge in [0.05, 0.1) is 21.5 Å². The molecule has 4 aromatic rings. The Balaban J connectivity index is 1.24. The van der Waals surface area contributed by atoms with Gasteiger partial charge in [0.15, 0.2) is 12.0 Å². The Kier molecular flexibility index (Phi) is 7.03. The van der Waals surface area contributed by atoms with Crippen molar-refractivity contribution in [3.8, 4) is 29.5 Å². The van der Waals surface area contributed by atoms with Gasteiger partial charge in [-0.05, 0) is 57.2 Å². The number of nitrogens with two attached hydrogens (primary N) is 1. The average Bonchev–Trinajstić information content (AvgIpc) is 3.39. The van der Waals surface area contributed by atoms with Crippen molar-refractivity contribution in [3.63, 3.8) is 0 Å². The SMILES string of the molecule is N#Cc1c(N)sc2c(F)ccc(-c3c(F)c4nc(OC[C@@]56CCCN5C[C@H](F)C6)nc(N5CCC6(CCN(C#N)C6)C5)c4c(=O)n3C3CC3)c12. The van der Waals surface area contributed by atoms with E-state index in [0.29, 0.717) is 52.0 Å². The predicted molar refractivity (Wildman–Crippen MR) is 182 cm³/mol. The first kappa shape index (κ1) is 31.4. The number of fused-ring (bicyclic) bond motifs is 3. The molecule has 1 saturated carbocycles. The third-order valence-electron chi connectivity index (χ3n) is 11.6. The summed E-state index contributed by atoms with van der Waals surface area (Å²) in [5.74, 6) is -1.15. The van der Waals surface area contributed by atoms with Crippen LogP contribution in [0.15, 0.2) is 16.9 Å². The molecule has 1 aromatic carbocycles. The molecular weight excluding hydrogens is 668 g/mol. The first-order chi connectivity index (χ1) is 24.1. The Labute approximate surface area is 289 Å². The number of nitrogens with zero attached hydrogens (tertiary/aromatic N) is 8. The molecule has 11 nitrogen and oxygen atoms in total. The summed E-state index contributed by atoms with van der Waals surface area (Å²) in [5, 5.41) is 19.8. The third-order valence-corrected chi connectivity index (χ3v) is 12.6. The lowest BCUT2D eigenvalue weighted by molar-refractivity contribution is 0.107. The first-order valence-corrected chi connectivity index (χ1v) is 17.9. The highest BCUT2D eigenvalue weighted by atomic mass is 32.1. The van der Waals surface area contributed by atoms with Crippen molar-refractivity contribution >= 4 is 43.1 Å². The van der Waals surface area contributed by atoms with Gasteiger partial charge in [0, 0.05) is 61.6 Å². The molecule has 2 N–H and O–H groups in total. The summed E-state index contributed by atoms with van der Waals surface area (Å²) >= 11 is 0.905. The minimum atomic E-state index is -0.968. The van der Waals surface area contributed by atoms with E-state index >= 15 is 8.78 Å². The Hall–Kier alpha value is -4.60. The summed E-state index contributed by atoms with van der Waals surface area (Å²) in [5.41, 5.74) is 4.84. The molecule has 5 aliphatic rings. The molecule has 15 heteroatoms. The molecule has 7 heterocycles. The second-order valence-electron chi connectivity index (χ2n) is 14.7. The molecule has 4 saturated heterocycles. The number of aromatic nitrogens is 3. The second kappa shape index (κ2) is 11.2. The lowest BCUT2D eigenvalue weighted by Gasteiger charge is -2.31. The Bertz CT molecular complexity index is 2240. The van der Waals surface area contributed by atoms with Crippen LogP contribution >= 0.6 is 11.3 Å². The molecule has 9 rings (SSSR count). The minimum absolute atomic E-state index is 0.0201. The number of likely N-dealkylation sites (tertiary alicyclic amines) is 1. The molecule has 1 spiro atoms. The third kappa shape index (κ3) is 4.66. The zero-order valence-corrected chi connectivity index (χ0v) is 28.0. The van der Waals surface area contributed by atoms with Gasteiger partial charge in [0.2, 0.25) is 0 Å². The molecule has 3 atom stereocenters. The number of rotatable bonds is 6. The van der Waals surface area contributed by atoms with Crippen molar-refractivity contribution in [2.45, 2.75) is 62.7 Å². The Morgan fingerprint density at radius 3 is 2.66 bits per heavy atom. The number of anilines is 2. The van der Waals surface area contributed by atoms with Gasteiger partial charge >= 0.3 is 6.01 Å². The summed E-state index contributed by atoms with van der Waals surface area (Å²) in [7, 11) is 0. The predicted octanol–water partition coefficient (Wildman–Crippen LogP) is 5.08. The first-order valence-electron chi connectivity index (χ1n) is 17.1. The number of thiophene rings is 1. The van der Waals surface area contributed by atoms with Crippen LogP contribution < -0.4 is 20.9 Å². The molecule has 50 heavy (non-hydrogen) atoms. The summed E-state index contributed by atoms with van der Waals surface area (Å²) in [6.07, 6.45) is 6.14. The van der Waals surface area contributed by atoms with Crippen molar-refractivity contribution < 1.29 is 17.9 Å². The monoisotopic (exact) mass is 701 g/mol. The van der Waals surface area contributed by atoms with Crippen LogP contribution in [0.25, 0.3) is 32.2 Å². The van der Waals surface area contributed by atoms with Gasteiger partial charge < -0.3 is 24.8 Å². The van der Waals surface area contributed by atoms with Gasteiger partial charge in [-0.15, -0.1) is 11.3 Å². The fourth-order valence-corrected chi connectivity index (χ4v) is 10.0. The van der Waals surface area contributed by atoms with Crippen molar-refractivity contribution in [2.24, 2.45) is 5.41 Å². The lowest BCUT2D eigenvalue weighted by atomic mass is 9.86. The number of hydrogen-bond acceptors (Lipinski definition) is 11. The van der Waals surface area contributed by atoms with Gasteiger partial charge in [-0.2, -0.15) is 20.5 Å². The highest BCUT2D eigenvalue weighted by Gasteiger charge is 2.50. The van der Waals surface area contributed by atoms with Crippen LogP contribution in [0.4, 0.5) is 24.0 Å². The van der Waals surface area contributed by atoms with Crippen LogP contribution in [-0.4, -0.2) is 81.9 Å². The smallest absolute Gasteiger partial charge is 0.319 e. The summed E-state index contributed by atoms with van der Waals surface area (Å²) in [4.78, 5) is 29.9. The highest BCUT2D eigenvalue weighted by molar-refractivity contribution is 7.23. The van der Waals surface area contributed by atoms with Crippen LogP contribution in [0.2, 0.25) is 0 Å². The number of benzene rings is 1. The van der Waals surface area contributed by atoms with Gasteiger partial charge in [-0.3, -0.25) is 9.69 Å². The van der Waals surface area contributed by atoms with E-state index in [1.165, 1.54) is 16.7 Å². The minimum Gasteiger partial charge on any atom is -0.461 e. The molecule has 0 radical (unpaired) electrons. The van der Waals surface area contributed by atoms with Crippen molar-refractivity contribution in [2.75, 3.05) is 56.5 Å². The van der Waals surface area contributed by atoms with E-state index in [0.717, 1.165) is 43.6 Å². The normalized spacial score (nSPS) is 26.4. The van der Waals surface area contributed by atoms with E-state index in [-0.39, 0.29) is 72.7 Å². The van der Waals surface area contributed by atoms with Crippen LogP contribution in [0.5, 0.6) is 6.01 Å². The van der Waals surface area contributed by atoms with Gasteiger partial charge in [0.25, 0.3) is 5.56 Å². The van der Waals surface area contributed by atoms with Crippen LogP contribution in [-0.2, 0) is 0 Å². The van der Waals surface area contributed by atoms with Gasteiger partial charge in [-0.25, -0.2) is 13.2 Å². The van der Waals surface area contributed by atoms with Crippen molar-refractivity contribution in [1.82, 2.24) is 24.3 Å². The van der Waals surface area contributed by atoms with Crippen LogP contribution in [0.3, 0.4) is 0 Å². The summed E-state index contributed by atoms with van der Waals surface area (Å²) in [6, 6.07) is 4.20. The average molecular weight is 702 g/mol. The van der Waals surface area contributed by atoms with Crippen molar-refractivity contribution in [1.29, 1.82) is 10.5 Å². The molecule has 258 valence electrons. The maximum atomic E-state index is 17.5. The number of nitriles is 2. The maximum Gasteiger partial charge on any atom is 0.319 e. The number of alkyl halides is 1. The molecule has 5 fully saturated rings. The number of nitrogen functional groups attached to an aromatic ring is 1. The largest absolute Gasteiger partial charge is 0.461 e. The molecule has 1 unspecified atom stereocenters. The zero-order chi connectivity index (χ0) is 34.5. The standard InChI is InChI=1S/C35H34F3N9O2S/c36-19-12-35(6-1-9-46(35)14-19)17-49-33-42-27-25(31(43-33)45-11-8-34(16-45)7-10-44(15-34)18-40)32(48)47(20-2-3-20)28(26(27)38)21-4-5-23(37)29-24(21)22(13-39)30(41)50-29/h4-5,19-20H,1-3,6-12,14-17,41H2/t19-,34?,35+/m1/s1. The quantitative estimate of drug-likeness (QED) is 0.271. The Morgan fingerprint density at radius 1 is 1.08 bits per heavy atom. The summed E-state index contributed by atoms with van der Waals surface area (Å²) < 4.78 is 54.9. The maximum absolute atomic E-state index is 17.5. The van der Waals surface area contributed by atoms with E-state index in [1.807, 2.05) is 11.0 Å². The second-order valence-corrected chi connectivity index (χ2v) is 15.7. The van der Waals surface area contributed by atoms with Crippen LogP contribution in [0.1, 0.15) is 56.6 Å². The number of halogens is 3. The topological polar surface area (TPSA) is 140 Å². The highest BCUT2D eigenvalue weighted by Crippen LogP contribution is 2.47. The van der Waals surface area contributed by atoms with E-state index < -0.39 is 28.9 Å². The van der Waals surface area contributed by atoms with Crippen LogP contribution in [0, 0.1) is 39.8 Å². The molecule has 3 aromatic heterocycles. The van der Waals surface area contributed by atoms with E-state index in [4.69, 9.17) is 15.5 Å². The molecular formula is C35H34F3N9O2S. The van der Waals surface area contributed by atoms with Crippen molar-refractivity contribution in [3.05, 3.63) is 39.7 Å². The molecule has 0 bridgehead atoms. The number of ether oxygens (including phenoxy) is 1. The lowest BCUT2D eigenvalue weighted by Crippen LogP contribution is -2.43. The zero-order valence-electron chi connectivity index (χ0n) is 27.2. The Morgan fingerprint density at radius 2 is 1.90 bits per heavy atom. The van der Waals surface area contributed by atoms with Gasteiger partial charge in [0.1, 0.15) is 46.4 Å². The van der Waals surface area contributed by atoms with E-state index in [1.54, 1.807) is 4.90 Å². The number of hydrogen-bond donors (Lipinski definition) is 1. The molecule has 0 amide bonds. The number of pyridine rings is 1. The fourth-order valence-electron chi connectivity index (χ4n) is 9.06.